The van der Waals surface area contributed by atoms with Crippen molar-refractivity contribution in [3.63, 3.8) is 0 Å². The molecule has 0 saturated heterocycles. The molecule has 0 radical (unpaired) electrons. The van der Waals surface area contributed by atoms with E-state index in [1.165, 1.54) is 17.3 Å². The Morgan fingerprint density at radius 2 is 1.97 bits per heavy atom. The standard InChI is InChI=1S/C22H27N5OS/c1-26(22(16-23)12-6-3-7-13-22)19(28)15-29-21-25-24-20(18-10-11-18)27(21)14-17-8-4-2-5-9-17/h2,4-5,8-9,18H,3,6-7,10-15H2,1H3. The summed E-state index contributed by atoms with van der Waals surface area (Å²) >= 11 is 1.43. The van der Waals surface area contributed by atoms with Gasteiger partial charge in [0.1, 0.15) is 11.4 Å². The van der Waals surface area contributed by atoms with E-state index < -0.39 is 5.54 Å². The quantitative estimate of drug-likeness (QED) is 0.647. The monoisotopic (exact) mass is 409 g/mol. The smallest absolute Gasteiger partial charge is 0.234 e. The molecule has 2 aliphatic carbocycles. The summed E-state index contributed by atoms with van der Waals surface area (Å²) in [4.78, 5) is 14.6. The maximum absolute atomic E-state index is 12.9. The van der Waals surface area contributed by atoms with Gasteiger partial charge in [-0.3, -0.25) is 4.79 Å². The molecule has 0 aliphatic heterocycles. The summed E-state index contributed by atoms with van der Waals surface area (Å²) in [6.45, 7) is 0.716. The molecule has 1 aromatic heterocycles. The molecule has 2 fully saturated rings. The summed E-state index contributed by atoms with van der Waals surface area (Å²) in [7, 11) is 1.78. The minimum atomic E-state index is -0.646. The first-order chi connectivity index (χ1) is 14.1. The lowest BCUT2D eigenvalue weighted by molar-refractivity contribution is -0.131. The van der Waals surface area contributed by atoms with Crippen LogP contribution in [0.3, 0.4) is 0 Å². The third kappa shape index (κ3) is 4.32. The van der Waals surface area contributed by atoms with Gasteiger partial charge in [-0.1, -0.05) is 61.4 Å². The van der Waals surface area contributed by atoms with Gasteiger partial charge in [0.2, 0.25) is 5.91 Å². The fourth-order valence-electron chi connectivity index (χ4n) is 4.09. The summed E-state index contributed by atoms with van der Waals surface area (Å²) in [6.07, 6.45) is 7.02. The first-order valence-electron chi connectivity index (χ1n) is 10.4. The number of amides is 1. The zero-order chi connectivity index (χ0) is 20.3. The fourth-order valence-corrected chi connectivity index (χ4v) is 4.94. The molecule has 6 nitrogen and oxygen atoms in total. The van der Waals surface area contributed by atoms with E-state index in [-0.39, 0.29) is 11.7 Å². The van der Waals surface area contributed by atoms with Crippen molar-refractivity contribution in [3.05, 3.63) is 41.7 Å². The average Bonchev–Trinajstić information content (AvgIpc) is 3.54. The number of hydrogen-bond donors (Lipinski definition) is 0. The number of nitrogens with zero attached hydrogens (tertiary/aromatic N) is 5. The van der Waals surface area contributed by atoms with Crippen LogP contribution in [0.5, 0.6) is 0 Å². The molecular formula is C22H27N5OS. The van der Waals surface area contributed by atoms with Crippen molar-refractivity contribution in [3.8, 4) is 6.07 Å². The third-order valence-electron chi connectivity index (χ3n) is 6.10. The van der Waals surface area contributed by atoms with E-state index in [0.717, 1.165) is 55.9 Å². The zero-order valence-corrected chi connectivity index (χ0v) is 17.7. The van der Waals surface area contributed by atoms with Crippen LogP contribution in [0, 0.1) is 11.3 Å². The van der Waals surface area contributed by atoms with Gasteiger partial charge in [-0.05, 0) is 31.2 Å². The molecule has 4 rings (SSSR count). The second kappa shape index (κ2) is 8.58. The van der Waals surface area contributed by atoms with Crippen LogP contribution >= 0.6 is 11.8 Å². The minimum absolute atomic E-state index is 0.0133. The lowest BCUT2D eigenvalue weighted by Gasteiger charge is -2.39. The Hall–Kier alpha value is -2.33. The second-order valence-electron chi connectivity index (χ2n) is 8.13. The Morgan fingerprint density at radius 1 is 1.24 bits per heavy atom. The predicted molar refractivity (Wildman–Crippen MR) is 112 cm³/mol. The van der Waals surface area contributed by atoms with E-state index in [9.17, 15) is 10.1 Å². The highest BCUT2D eigenvalue weighted by Gasteiger charge is 2.39. The number of aromatic nitrogens is 3. The van der Waals surface area contributed by atoms with Gasteiger partial charge in [-0.15, -0.1) is 10.2 Å². The van der Waals surface area contributed by atoms with Crippen LogP contribution in [0.1, 0.15) is 62.3 Å². The number of thioether (sulfide) groups is 1. The lowest BCUT2D eigenvalue weighted by atomic mass is 9.81. The Morgan fingerprint density at radius 3 is 2.62 bits per heavy atom. The van der Waals surface area contributed by atoms with Crippen molar-refractivity contribution < 1.29 is 4.79 Å². The predicted octanol–water partition coefficient (Wildman–Crippen LogP) is 3.98. The summed E-state index contributed by atoms with van der Waals surface area (Å²) in [5, 5.41) is 19.4. The fraction of sp³-hybridized carbons (Fsp3) is 0.545. The van der Waals surface area contributed by atoms with Crippen molar-refractivity contribution in [1.29, 1.82) is 5.26 Å². The van der Waals surface area contributed by atoms with E-state index >= 15 is 0 Å². The van der Waals surface area contributed by atoms with Gasteiger partial charge >= 0.3 is 0 Å². The zero-order valence-electron chi connectivity index (χ0n) is 16.9. The van der Waals surface area contributed by atoms with Gasteiger partial charge in [-0.25, -0.2) is 0 Å². The van der Waals surface area contributed by atoms with Crippen molar-refractivity contribution in [2.75, 3.05) is 12.8 Å². The molecular weight excluding hydrogens is 382 g/mol. The van der Waals surface area contributed by atoms with Gasteiger partial charge in [0.25, 0.3) is 0 Å². The molecule has 0 spiro atoms. The first-order valence-corrected chi connectivity index (χ1v) is 11.4. The van der Waals surface area contributed by atoms with Crippen LogP contribution in [0.4, 0.5) is 0 Å². The molecule has 1 aromatic carbocycles. The highest BCUT2D eigenvalue weighted by Crippen LogP contribution is 2.40. The van der Waals surface area contributed by atoms with Crippen molar-refractivity contribution in [1.82, 2.24) is 19.7 Å². The Bertz CT molecular complexity index is 894. The first kappa shape index (κ1) is 20.0. The van der Waals surface area contributed by atoms with E-state index in [1.54, 1.807) is 11.9 Å². The van der Waals surface area contributed by atoms with Crippen LogP contribution in [0.15, 0.2) is 35.5 Å². The van der Waals surface area contributed by atoms with Gasteiger partial charge in [0, 0.05) is 13.0 Å². The topological polar surface area (TPSA) is 74.8 Å². The highest BCUT2D eigenvalue weighted by molar-refractivity contribution is 7.99. The minimum Gasteiger partial charge on any atom is -0.326 e. The van der Waals surface area contributed by atoms with Crippen molar-refractivity contribution in [2.24, 2.45) is 0 Å². The number of hydrogen-bond acceptors (Lipinski definition) is 5. The van der Waals surface area contributed by atoms with E-state index in [0.29, 0.717) is 12.5 Å². The van der Waals surface area contributed by atoms with Gasteiger partial charge in [-0.2, -0.15) is 5.26 Å². The van der Waals surface area contributed by atoms with Crippen LogP contribution in [0.25, 0.3) is 0 Å². The molecule has 2 aliphatic rings. The molecule has 0 atom stereocenters. The molecule has 2 saturated carbocycles. The summed E-state index contributed by atoms with van der Waals surface area (Å²) in [5.41, 5.74) is 0.553. The third-order valence-corrected chi connectivity index (χ3v) is 7.05. The Kier molecular flexibility index (Phi) is 5.91. The summed E-state index contributed by atoms with van der Waals surface area (Å²) < 4.78 is 2.16. The maximum atomic E-state index is 12.9. The molecule has 7 heteroatoms. The van der Waals surface area contributed by atoms with E-state index in [2.05, 4.69) is 33.0 Å². The number of carbonyl (C=O) groups excluding carboxylic acids is 1. The normalized spacial score (nSPS) is 18.2. The molecule has 29 heavy (non-hydrogen) atoms. The van der Waals surface area contributed by atoms with Crippen molar-refractivity contribution >= 4 is 17.7 Å². The number of carbonyl (C=O) groups is 1. The van der Waals surface area contributed by atoms with Crippen molar-refractivity contribution in [2.45, 2.75) is 68.1 Å². The molecule has 2 aromatic rings. The number of rotatable bonds is 7. The Balaban J connectivity index is 1.47. The average molecular weight is 410 g/mol. The number of benzene rings is 1. The molecule has 0 N–H and O–H groups in total. The van der Waals surface area contributed by atoms with Gasteiger partial charge in [0.05, 0.1) is 18.4 Å². The summed E-state index contributed by atoms with van der Waals surface area (Å²) in [5.74, 6) is 1.78. The van der Waals surface area contributed by atoms with Crippen LogP contribution in [-0.4, -0.2) is 43.9 Å². The van der Waals surface area contributed by atoms with Gasteiger partial charge < -0.3 is 9.47 Å². The van der Waals surface area contributed by atoms with E-state index in [4.69, 9.17) is 0 Å². The second-order valence-corrected chi connectivity index (χ2v) is 9.07. The van der Waals surface area contributed by atoms with Crippen LogP contribution < -0.4 is 0 Å². The SMILES string of the molecule is CN(C(=O)CSc1nnc(C2CC2)n1Cc1ccccc1)C1(C#N)CCCCC1. The molecule has 1 amide bonds. The van der Waals surface area contributed by atoms with Crippen LogP contribution in [-0.2, 0) is 11.3 Å². The summed E-state index contributed by atoms with van der Waals surface area (Å²) in [6, 6.07) is 12.7. The molecule has 0 bridgehead atoms. The number of nitriles is 1. The van der Waals surface area contributed by atoms with Crippen LogP contribution in [0.2, 0.25) is 0 Å². The molecule has 1 heterocycles. The maximum Gasteiger partial charge on any atom is 0.234 e. The molecule has 152 valence electrons. The van der Waals surface area contributed by atoms with E-state index in [1.807, 2.05) is 18.2 Å². The highest BCUT2D eigenvalue weighted by atomic mass is 32.2. The largest absolute Gasteiger partial charge is 0.326 e. The Labute approximate surface area is 176 Å². The van der Waals surface area contributed by atoms with Gasteiger partial charge in [0.15, 0.2) is 5.16 Å². The molecule has 0 unspecified atom stereocenters. The lowest BCUT2D eigenvalue weighted by Crippen LogP contribution is -2.50.